The first kappa shape index (κ1) is 34.8. The first-order valence-corrected chi connectivity index (χ1v) is 21.0. The van der Waals surface area contributed by atoms with E-state index in [4.69, 9.17) is 19.4 Å². The number of hydrogen-bond acceptors (Lipinski definition) is 4. The molecule has 2 aromatic heterocycles. The summed E-state index contributed by atoms with van der Waals surface area (Å²) in [7, 11) is 0. The van der Waals surface area contributed by atoms with E-state index >= 15 is 0 Å². The Balaban J connectivity index is 1.20. The van der Waals surface area contributed by atoms with Crippen LogP contribution in [-0.2, 0) is 10.8 Å². The predicted molar refractivity (Wildman–Crippen MR) is 243 cm³/mol. The SMILES string of the molecule is CC1C=C2C(=C(c3nc(-c4ccccc4)nc(-c4ccccc4)n3)C1)c1cc(-c3cccc4c3oc3ccccc34)ccc1C21c2ccccc2C(C)(C)c2ccccc21. The number of aromatic nitrogens is 3. The van der Waals surface area contributed by atoms with Gasteiger partial charge in [0.05, 0.1) is 5.41 Å². The van der Waals surface area contributed by atoms with Crippen molar-refractivity contribution in [2.45, 2.75) is 38.0 Å². The second-order valence-electron chi connectivity index (χ2n) is 17.2. The van der Waals surface area contributed by atoms with Crippen molar-refractivity contribution in [3.8, 4) is 33.9 Å². The third-order valence-corrected chi connectivity index (χ3v) is 13.3. The van der Waals surface area contributed by atoms with Crippen LogP contribution in [0.15, 0.2) is 186 Å². The molecule has 7 aromatic carbocycles. The number of fused-ring (bicyclic) bond motifs is 12. The van der Waals surface area contributed by atoms with Crippen molar-refractivity contribution in [3.63, 3.8) is 0 Å². The number of nitrogens with zero attached hydrogens (tertiary/aromatic N) is 3. The van der Waals surface area contributed by atoms with Crippen molar-refractivity contribution in [1.82, 2.24) is 15.0 Å². The van der Waals surface area contributed by atoms with Crippen LogP contribution in [0.4, 0.5) is 0 Å². The summed E-state index contributed by atoms with van der Waals surface area (Å²) in [4.78, 5) is 15.9. The second-order valence-corrected chi connectivity index (χ2v) is 17.2. The molecule has 1 spiro atoms. The summed E-state index contributed by atoms with van der Waals surface area (Å²) in [6, 6.07) is 60.9. The first-order chi connectivity index (χ1) is 29.4. The van der Waals surface area contributed by atoms with Crippen LogP contribution in [0.1, 0.15) is 66.4 Å². The Bertz CT molecular complexity index is 3170. The first-order valence-electron chi connectivity index (χ1n) is 21.0. The molecule has 0 aliphatic heterocycles. The molecular formula is C56H41N3O. The van der Waals surface area contributed by atoms with E-state index in [1.54, 1.807) is 0 Å². The van der Waals surface area contributed by atoms with Gasteiger partial charge in [0, 0.05) is 38.5 Å². The van der Waals surface area contributed by atoms with Crippen molar-refractivity contribution < 1.29 is 4.42 Å². The zero-order chi connectivity index (χ0) is 40.2. The van der Waals surface area contributed by atoms with Gasteiger partial charge in [-0.05, 0) is 74.6 Å². The fourth-order valence-electron chi connectivity index (χ4n) is 10.7. The highest BCUT2D eigenvalue weighted by atomic mass is 16.3. The minimum absolute atomic E-state index is 0.199. The van der Waals surface area contributed by atoms with Gasteiger partial charge < -0.3 is 4.42 Å². The molecule has 0 bridgehead atoms. The molecule has 0 radical (unpaired) electrons. The smallest absolute Gasteiger partial charge is 0.164 e. The van der Waals surface area contributed by atoms with Crippen molar-refractivity contribution in [2.24, 2.45) is 5.92 Å². The molecule has 3 aliphatic carbocycles. The van der Waals surface area contributed by atoms with Gasteiger partial charge in [-0.3, -0.25) is 0 Å². The monoisotopic (exact) mass is 771 g/mol. The van der Waals surface area contributed by atoms with Gasteiger partial charge in [0.15, 0.2) is 17.5 Å². The van der Waals surface area contributed by atoms with Crippen LogP contribution in [-0.4, -0.2) is 15.0 Å². The van der Waals surface area contributed by atoms with E-state index in [0.717, 1.165) is 62.0 Å². The molecule has 4 heteroatoms. The molecule has 4 nitrogen and oxygen atoms in total. The quantitative estimate of drug-likeness (QED) is 0.179. The van der Waals surface area contributed by atoms with E-state index in [1.807, 2.05) is 42.5 Å². The maximum atomic E-state index is 6.65. The Morgan fingerprint density at radius 2 is 1.07 bits per heavy atom. The Morgan fingerprint density at radius 3 is 1.73 bits per heavy atom. The standard InChI is InChI=1S/C56H41N3O/c1-34-31-42(54-58-52(35-17-6-4-7-18-35)57-53(59-54)36-19-8-5-9-20-36)50-41-33-37(38-22-16-23-40-39-21-10-15-28-49(39)60-51(38)40)29-30-43(41)56(48(50)32-34)46-26-13-11-24-44(46)55(2,3)45-25-12-14-27-47(45)56/h4-30,32-34H,31H2,1-3H3. The van der Waals surface area contributed by atoms with Gasteiger partial charge in [-0.25, -0.2) is 15.0 Å². The average Bonchev–Trinajstić information content (AvgIpc) is 3.82. The third kappa shape index (κ3) is 4.88. The van der Waals surface area contributed by atoms with Crippen LogP contribution in [0.2, 0.25) is 0 Å². The number of allylic oxidation sites excluding steroid dienone is 4. The van der Waals surface area contributed by atoms with Gasteiger partial charge in [0.1, 0.15) is 11.2 Å². The van der Waals surface area contributed by atoms with Crippen LogP contribution in [0.5, 0.6) is 0 Å². The summed E-state index contributed by atoms with van der Waals surface area (Å²) in [6.45, 7) is 7.10. The number of furan rings is 1. The Labute approximate surface area is 349 Å². The van der Waals surface area contributed by atoms with Crippen molar-refractivity contribution in [2.75, 3.05) is 0 Å². The Kier molecular flexibility index (Phi) is 7.50. The number of para-hydroxylation sites is 2. The van der Waals surface area contributed by atoms with Gasteiger partial charge in [0.25, 0.3) is 0 Å². The molecule has 1 atom stereocenters. The molecule has 9 aromatic rings. The Hall–Kier alpha value is -7.17. The summed E-state index contributed by atoms with van der Waals surface area (Å²) in [6.07, 6.45) is 3.35. The highest BCUT2D eigenvalue weighted by molar-refractivity contribution is 6.11. The van der Waals surface area contributed by atoms with E-state index in [2.05, 4.69) is 154 Å². The molecule has 0 fully saturated rings. The average molecular weight is 772 g/mol. The summed E-state index contributed by atoms with van der Waals surface area (Å²) in [5.74, 6) is 2.29. The van der Waals surface area contributed by atoms with E-state index in [9.17, 15) is 0 Å². The third-order valence-electron chi connectivity index (χ3n) is 13.3. The molecule has 1 unspecified atom stereocenters. The molecule has 12 rings (SSSR count). The van der Waals surface area contributed by atoms with Gasteiger partial charge in [-0.1, -0.05) is 185 Å². The molecule has 3 aliphatic rings. The number of benzene rings is 7. The maximum Gasteiger partial charge on any atom is 0.164 e. The van der Waals surface area contributed by atoms with Gasteiger partial charge in [-0.2, -0.15) is 0 Å². The predicted octanol–water partition coefficient (Wildman–Crippen LogP) is 13.6. The lowest BCUT2D eigenvalue weighted by molar-refractivity contribution is 0.560. The van der Waals surface area contributed by atoms with Crippen LogP contribution in [0.25, 0.3) is 67.0 Å². The molecule has 0 saturated carbocycles. The highest BCUT2D eigenvalue weighted by Gasteiger charge is 2.56. The zero-order valence-electron chi connectivity index (χ0n) is 33.8. The maximum absolute atomic E-state index is 6.65. The number of hydrogen-bond donors (Lipinski definition) is 0. The lowest BCUT2D eigenvalue weighted by atomic mass is 9.55. The van der Waals surface area contributed by atoms with Crippen molar-refractivity contribution in [3.05, 3.63) is 221 Å². The molecule has 286 valence electrons. The highest BCUT2D eigenvalue weighted by Crippen LogP contribution is 2.65. The summed E-state index contributed by atoms with van der Waals surface area (Å²) >= 11 is 0. The zero-order valence-corrected chi connectivity index (χ0v) is 33.8. The molecule has 2 heterocycles. The number of rotatable bonds is 4. The van der Waals surface area contributed by atoms with Crippen molar-refractivity contribution in [1.29, 1.82) is 0 Å². The fourth-order valence-corrected chi connectivity index (χ4v) is 10.7. The van der Waals surface area contributed by atoms with E-state index in [-0.39, 0.29) is 11.3 Å². The van der Waals surface area contributed by atoms with Gasteiger partial charge in [0.2, 0.25) is 0 Å². The molecule has 60 heavy (non-hydrogen) atoms. The van der Waals surface area contributed by atoms with E-state index < -0.39 is 5.41 Å². The molecule has 0 saturated heterocycles. The van der Waals surface area contributed by atoms with Crippen LogP contribution in [0.3, 0.4) is 0 Å². The van der Waals surface area contributed by atoms with Crippen LogP contribution in [0, 0.1) is 5.92 Å². The lowest BCUT2D eigenvalue weighted by Crippen LogP contribution is -2.41. The molecule has 0 N–H and O–H groups in total. The molecule has 0 amide bonds. The Morgan fingerprint density at radius 1 is 0.500 bits per heavy atom. The normalized spacial score (nSPS) is 17.0. The van der Waals surface area contributed by atoms with Gasteiger partial charge >= 0.3 is 0 Å². The lowest BCUT2D eigenvalue weighted by Gasteiger charge is -2.47. The summed E-state index contributed by atoms with van der Waals surface area (Å²) < 4.78 is 6.65. The fraction of sp³-hybridized carbons (Fsp3) is 0.125. The second kappa shape index (κ2) is 12.9. The minimum Gasteiger partial charge on any atom is -0.455 e. The van der Waals surface area contributed by atoms with E-state index in [0.29, 0.717) is 11.6 Å². The molecular weight excluding hydrogens is 731 g/mol. The van der Waals surface area contributed by atoms with E-state index in [1.165, 1.54) is 44.5 Å². The summed E-state index contributed by atoms with van der Waals surface area (Å²) in [5.41, 5.74) is 16.7. The van der Waals surface area contributed by atoms with Crippen LogP contribution >= 0.6 is 0 Å². The van der Waals surface area contributed by atoms with Crippen molar-refractivity contribution >= 4 is 33.1 Å². The topological polar surface area (TPSA) is 51.8 Å². The van der Waals surface area contributed by atoms with Gasteiger partial charge in [-0.15, -0.1) is 0 Å². The minimum atomic E-state index is -0.561. The summed E-state index contributed by atoms with van der Waals surface area (Å²) in [5, 5.41) is 2.25. The van der Waals surface area contributed by atoms with Crippen LogP contribution < -0.4 is 0 Å². The largest absolute Gasteiger partial charge is 0.455 e.